The van der Waals surface area contributed by atoms with Crippen LogP contribution in [0, 0.1) is 0 Å². The molecule has 2 heterocycles. The summed E-state index contributed by atoms with van der Waals surface area (Å²) in [6.07, 6.45) is 14.1. The SMILES string of the molecule is C1=C(CN2CCCCC2)CC(OCCCc2ncn[nH]2)=CC1. The maximum Gasteiger partial charge on any atom is 0.137 e. The lowest BCUT2D eigenvalue weighted by molar-refractivity contribution is 0.195. The van der Waals surface area contributed by atoms with Crippen molar-refractivity contribution in [3.63, 3.8) is 0 Å². The highest BCUT2D eigenvalue weighted by Gasteiger charge is 2.14. The Balaban J connectivity index is 1.35. The molecule has 0 bridgehead atoms. The van der Waals surface area contributed by atoms with Gasteiger partial charge in [-0.2, -0.15) is 5.10 Å². The van der Waals surface area contributed by atoms with E-state index in [1.165, 1.54) is 37.9 Å². The number of aromatic amines is 1. The van der Waals surface area contributed by atoms with Crippen molar-refractivity contribution in [1.82, 2.24) is 20.1 Å². The van der Waals surface area contributed by atoms with Crippen molar-refractivity contribution in [3.05, 3.63) is 35.6 Å². The Morgan fingerprint density at radius 3 is 2.91 bits per heavy atom. The van der Waals surface area contributed by atoms with Gasteiger partial charge in [-0.05, 0) is 44.8 Å². The Hall–Kier alpha value is -1.62. The molecule has 0 radical (unpaired) electrons. The second kappa shape index (κ2) is 8.13. The fraction of sp³-hybridized carbons (Fsp3) is 0.647. The average Bonchev–Trinajstić information content (AvgIpc) is 3.06. The lowest BCUT2D eigenvalue weighted by Crippen LogP contribution is -2.31. The average molecular weight is 302 g/mol. The molecule has 1 saturated heterocycles. The van der Waals surface area contributed by atoms with Gasteiger partial charge in [0.2, 0.25) is 0 Å². The number of nitrogens with zero attached hydrogens (tertiary/aromatic N) is 3. The molecular weight excluding hydrogens is 276 g/mol. The molecule has 0 saturated carbocycles. The van der Waals surface area contributed by atoms with E-state index in [1.54, 1.807) is 6.33 Å². The number of hydrogen-bond acceptors (Lipinski definition) is 4. The molecule has 1 fully saturated rings. The van der Waals surface area contributed by atoms with Gasteiger partial charge in [0.1, 0.15) is 12.2 Å². The van der Waals surface area contributed by atoms with Crippen molar-refractivity contribution in [2.75, 3.05) is 26.2 Å². The van der Waals surface area contributed by atoms with Crippen molar-refractivity contribution in [2.24, 2.45) is 0 Å². The van der Waals surface area contributed by atoms with Crippen LogP contribution in [-0.2, 0) is 11.2 Å². The van der Waals surface area contributed by atoms with Gasteiger partial charge in [-0.15, -0.1) is 0 Å². The monoisotopic (exact) mass is 302 g/mol. The Kier molecular flexibility index (Phi) is 5.65. The van der Waals surface area contributed by atoms with Gasteiger partial charge in [0.25, 0.3) is 0 Å². The summed E-state index contributed by atoms with van der Waals surface area (Å²) < 4.78 is 5.94. The van der Waals surface area contributed by atoms with E-state index in [-0.39, 0.29) is 0 Å². The zero-order valence-electron chi connectivity index (χ0n) is 13.3. The Labute approximate surface area is 132 Å². The van der Waals surface area contributed by atoms with Crippen molar-refractivity contribution in [1.29, 1.82) is 0 Å². The number of hydrogen-bond donors (Lipinski definition) is 1. The molecule has 1 aliphatic carbocycles. The number of aryl methyl sites for hydroxylation is 1. The minimum absolute atomic E-state index is 0.753. The van der Waals surface area contributed by atoms with Crippen LogP contribution in [0.3, 0.4) is 0 Å². The predicted molar refractivity (Wildman–Crippen MR) is 86.3 cm³/mol. The van der Waals surface area contributed by atoms with E-state index in [4.69, 9.17) is 4.74 Å². The van der Waals surface area contributed by atoms with Crippen molar-refractivity contribution in [2.45, 2.75) is 44.9 Å². The molecule has 5 nitrogen and oxygen atoms in total. The first-order chi connectivity index (χ1) is 10.9. The first kappa shape index (κ1) is 15.3. The number of allylic oxidation sites excluding steroid dienone is 3. The van der Waals surface area contributed by atoms with E-state index in [2.05, 4.69) is 32.2 Å². The van der Waals surface area contributed by atoms with Crippen molar-refractivity contribution >= 4 is 0 Å². The maximum atomic E-state index is 5.94. The number of H-pyrrole nitrogens is 1. The molecule has 2 aliphatic rings. The molecule has 120 valence electrons. The summed E-state index contributed by atoms with van der Waals surface area (Å²) >= 11 is 0. The van der Waals surface area contributed by atoms with Crippen LogP contribution in [0.4, 0.5) is 0 Å². The third-order valence-electron chi connectivity index (χ3n) is 4.34. The quantitative estimate of drug-likeness (QED) is 0.621. The normalized spacial score (nSPS) is 19.6. The molecule has 0 amide bonds. The molecule has 1 aliphatic heterocycles. The fourth-order valence-corrected chi connectivity index (χ4v) is 3.15. The Morgan fingerprint density at radius 1 is 1.18 bits per heavy atom. The van der Waals surface area contributed by atoms with E-state index in [9.17, 15) is 0 Å². The summed E-state index contributed by atoms with van der Waals surface area (Å²) in [4.78, 5) is 6.71. The van der Waals surface area contributed by atoms with E-state index in [0.29, 0.717) is 0 Å². The van der Waals surface area contributed by atoms with Crippen LogP contribution in [0.15, 0.2) is 29.8 Å². The van der Waals surface area contributed by atoms with Gasteiger partial charge in [0, 0.05) is 19.4 Å². The van der Waals surface area contributed by atoms with Gasteiger partial charge in [-0.1, -0.05) is 18.1 Å². The molecule has 5 heteroatoms. The molecule has 1 aromatic rings. The topological polar surface area (TPSA) is 54.0 Å². The van der Waals surface area contributed by atoms with Crippen molar-refractivity contribution in [3.8, 4) is 0 Å². The summed E-state index contributed by atoms with van der Waals surface area (Å²) in [5.41, 5.74) is 1.52. The van der Waals surface area contributed by atoms with Gasteiger partial charge in [0.15, 0.2) is 0 Å². The lowest BCUT2D eigenvalue weighted by Gasteiger charge is -2.28. The minimum atomic E-state index is 0.753. The second-order valence-electron chi connectivity index (χ2n) is 6.17. The predicted octanol–water partition coefficient (Wildman–Crippen LogP) is 2.84. The molecule has 0 atom stereocenters. The van der Waals surface area contributed by atoms with Crippen LogP contribution in [-0.4, -0.2) is 46.3 Å². The van der Waals surface area contributed by atoms with Gasteiger partial charge >= 0.3 is 0 Å². The molecule has 1 N–H and O–H groups in total. The first-order valence-corrected chi connectivity index (χ1v) is 8.46. The molecule has 0 unspecified atom stereocenters. The zero-order valence-corrected chi connectivity index (χ0v) is 13.3. The maximum absolute atomic E-state index is 5.94. The summed E-state index contributed by atoms with van der Waals surface area (Å²) in [6.45, 7) is 4.39. The van der Waals surface area contributed by atoms with Crippen LogP contribution < -0.4 is 0 Å². The highest BCUT2D eigenvalue weighted by atomic mass is 16.5. The van der Waals surface area contributed by atoms with Crippen LogP contribution in [0.25, 0.3) is 0 Å². The Bertz CT molecular complexity index is 501. The lowest BCUT2D eigenvalue weighted by atomic mass is 10.0. The molecule has 0 spiro atoms. The van der Waals surface area contributed by atoms with Gasteiger partial charge in [0.05, 0.1) is 12.4 Å². The molecular formula is C17H26N4O. The zero-order chi connectivity index (χ0) is 15.0. The highest BCUT2D eigenvalue weighted by Crippen LogP contribution is 2.22. The highest BCUT2D eigenvalue weighted by molar-refractivity contribution is 5.20. The summed E-state index contributed by atoms with van der Waals surface area (Å²) in [5.74, 6) is 2.08. The second-order valence-corrected chi connectivity index (χ2v) is 6.17. The standard InChI is InChI=1S/C17H26N4O/c1-2-9-21(10-3-1)13-15-6-4-7-16(12-15)22-11-5-8-17-18-14-19-20-17/h6-7,14H,1-5,8-13H2,(H,18,19,20). The summed E-state index contributed by atoms with van der Waals surface area (Å²) in [7, 11) is 0. The third-order valence-corrected chi connectivity index (χ3v) is 4.34. The number of aromatic nitrogens is 3. The van der Waals surface area contributed by atoms with Crippen molar-refractivity contribution < 1.29 is 4.74 Å². The minimum Gasteiger partial charge on any atom is -0.498 e. The Morgan fingerprint density at radius 2 is 2.09 bits per heavy atom. The molecule has 22 heavy (non-hydrogen) atoms. The van der Waals surface area contributed by atoms with E-state index in [1.807, 2.05) is 0 Å². The van der Waals surface area contributed by atoms with Crippen LogP contribution >= 0.6 is 0 Å². The first-order valence-electron chi connectivity index (χ1n) is 8.46. The third kappa shape index (κ3) is 4.70. The van der Waals surface area contributed by atoms with Crippen LogP contribution in [0.2, 0.25) is 0 Å². The van der Waals surface area contributed by atoms with Gasteiger partial charge in [-0.3, -0.25) is 10.00 Å². The molecule has 1 aromatic heterocycles. The fourth-order valence-electron chi connectivity index (χ4n) is 3.15. The number of nitrogens with one attached hydrogen (secondary N) is 1. The van der Waals surface area contributed by atoms with Crippen LogP contribution in [0.1, 0.15) is 44.3 Å². The van der Waals surface area contributed by atoms with Gasteiger partial charge < -0.3 is 4.74 Å². The molecule has 0 aromatic carbocycles. The summed E-state index contributed by atoms with van der Waals surface area (Å²) in [5, 5.41) is 6.74. The van der Waals surface area contributed by atoms with E-state index < -0.39 is 0 Å². The van der Waals surface area contributed by atoms with E-state index >= 15 is 0 Å². The molecule has 3 rings (SSSR count). The number of likely N-dealkylation sites (tertiary alicyclic amines) is 1. The van der Waals surface area contributed by atoms with E-state index in [0.717, 1.165) is 50.4 Å². The van der Waals surface area contributed by atoms with Gasteiger partial charge in [-0.25, -0.2) is 4.98 Å². The number of rotatable bonds is 7. The largest absolute Gasteiger partial charge is 0.498 e. The summed E-state index contributed by atoms with van der Waals surface area (Å²) in [6, 6.07) is 0. The van der Waals surface area contributed by atoms with Crippen LogP contribution in [0.5, 0.6) is 0 Å². The number of piperidine rings is 1. The number of ether oxygens (including phenoxy) is 1. The smallest absolute Gasteiger partial charge is 0.137 e.